The van der Waals surface area contributed by atoms with Crippen LogP contribution >= 0.6 is 0 Å². The van der Waals surface area contributed by atoms with Crippen LogP contribution in [0.15, 0.2) is 60.7 Å². The van der Waals surface area contributed by atoms with E-state index >= 15 is 0 Å². The first-order valence-corrected chi connectivity index (χ1v) is 12.2. The van der Waals surface area contributed by atoms with Gasteiger partial charge in [-0.25, -0.2) is 0 Å². The SMILES string of the molecule is CC(C)N(CC(C(=O)c1ccccc1)C1(CC(N)=O)CCCCN1c1ccccc1)C(C)C. The van der Waals surface area contributed by atoms with E-state index < -0.39 is 11.5 Å². The molecule has 0 radical (unpaired) electrons. The van der Waals surface area contributed by atoms with E-state index in [0.717, 1.165) is 31.5 Å². The van der Waals surface area contributed by atoms with Crippen LogP contribution in [-0.2, 0) is 4.79 Å². The molecule has 0 aromatic heterocycles. The van der Waals surface area contributed by atoms with Gasteiger partial charge >= 0.3 is 0 Å². The number of benzene rings is 2. The van der Waals surface area contributed by atoms with Gasteiger partial charge in [0.05, 0.1) is 17.9 Å². The Balaban J connectivity index is 2.18. The number of ketones is 1. The van der Waals surface area contributed by atoms with E-state index in [1.54, 1.807) is 0 Å². The molecule has 0 aliphatic carbocycles. The van der Waals surface area contributed by atoms with Crippen molar-refractivity contribution in [3.8, 4) is 0 Å². The predicted molar refractivity (Wildman–Crippen MR) is 135 cm³/mol. The Kier molecular flexibility index (Phi) is 8.30. The van der Waals surface area contributed by atoms with Gasteiger partial charge in [0.1, 0.15) is 0 Å². The number of nitrogens with zero attached hydrogens (tertiary/aromatic N) is 2. The van der Waals surface area contributed by atoms with Gasteiger partial charge < -0.3 is 10.6 Å². The molecule has 5 heteroatoms. The first-order chi connectivity index (χ1) is 15.8. The summed E-state index contributed by atoms with van der Waals surface area (Å²) in [6.07, 6.45) is 2.92. The number of Topliss-reactive ketones (excluding diaryl/α,β-unsaturated/α-hetero) is 1. The fourth-order valence-electron chi connectivity index (χ4n) is 5.55. The Morgan fingerprint density at radius 2 is 1.52 bits per heavy atom. The minimum Gasteiger partial charge on any atom is -0.370 e. The van der Waals surface area contributed by atoms with Gasteiger partial charge in [-0.1, -0.05) is 48.5 Å². The highest BCUT2D eigenvalue weighted by Crippen LogP contribution is 2.43. The zero-order chi connectivity index (χ0) is 24.0. The lowest BCUT2D eigenvalue weighted by Gasteiger charge is -2.53. The lowest BCUT2D eigenvalue weighted by atomic mass is 9.69. The Labute approximate surface area is 199 Å². The highest BCUT2D eigenvalue weighted by molar-refractivity contribution is 5.99. The normalized spacial score (nSPS) is 19.8. The lowest BCUT2D eigenvalue weighted by Crippen LogP contribution is -2.63. The molecule has 1 amide bonds. The molecular formula is C28H39N3O2. The summed E-state index contributed by atoms with van der Waals surface area (Å²) in [7, 11) is 0. The molecule has 2 N–H and O–H groups in total. The van der Waals surface area contributed by atoms with Crippen molar-refractivity contribution < 1.29 is 9.59 Å². The zero-order valence-electron chi connectivity index (χ0n) is 20.5. The van der Waals surface area contributed by atoms with E-state index in [-0.39, 0.29) is 30.2 Å². The van der Waals surface area contributed by atoms with Gasteiger partial charge in [-0.15, -0.1) is 0 Å². The van der Waals surface area contributed by atoms with E-state index in [0.29, 0.717) is 12.1 Å². The highest BCUT2D eigenvalue weighted by Gasteiger charge is 2.50. The Bertz CT molecular complexity index is 905. The summed E-state index contributed by atoms with van der Waals surface area (Å²) in [4.78, 5) is 31.4. The molecule has 0 bridgehead atoms. The van der Waals surface area contributed by atoms with Crippen LogP contribution in [0, 0.1) is 5.92 Å². The number of rotatable bonds is 10. The number of hydrogen-bond donors (Lipinski definition) is 1. The fourth-order valence-corrected chi connectivity index (χ4v) is 5.55. The first kappa shape index (κ1) is 25.0. The number of piperidine rings is 1. The number of para-hydroxylation sites is 1. The van der Waals surface area contributed by atoms with Gasteiger partial charge in [0.15, 0.2) is 5.78 Å². The van der Waals surface area contributed by atoms with E-state index in [1.165, 1.54) is 0 Å². The molecule has 2 aromatic carbocycles. The second kappa shape index (κ2) is 11.0. The van der Waals surface area contributed by atoms with Crippen molar-refractivity contribution in [2.45, 2.75) is 71.0 Å². The minimum atomic E-state index is -0.666. The third kappa shape index (κ3) is 5.64. The lowest BCUT2D eigenvalue weighted by molar-refractivity contribution is -0.119. The van der Waals surface area contributed by atoms with Crippen LogP contribution in [0.2, 0.25) is 0 Å². The van der Waals surface area contributed by atoms with Crippen LogP contribution < -0.4 is 10.6 Å². The van der Waals surface area contributed by atoms with Crippen LogP contribution in [0.5, 0.6) is 0 Å². The molecular weight excluding hydrogens is 410 g/mol. The summed E-state index contributed by atoms with van der Waals surface area (Å²) >= 11 is 0. The molecule has 178 valence electrons. The van der Waals surface area contributed by atoms with Crippen molar-refractivity contribution in [3.05, 3.63) is 66.2 Å². The topological polar surface area (TPSA) is 66.6 Å². The molecule has 1 aliphatic rings. The molecule has 0 spiro atoms. The second-order valence-corrected chi connectivity index (χ2v) is 9.86. The minimum absolute atomic E-state index is 0.0889. The Hall–Kier alpha value is -2.66. The summed E-state index contributed by atoms with van der Waals surface area (Å²) in [6.45, 7) is 10.1. The molecule has 2 aromatic rings. The largest absolute Gasteiger partial charge is 0.370 e. The molecule has 33 heavy (non-hydrogen) atoms. The van der Waals surface area contributed by atoms with Crippen molar-refractivity contribution in [1.82, 2.24) is 4.90 Å². The molecule has 5 nitrogen and oxygen atoms in total. The Morgan fingerprint density at radius 3 is 2.06 bits per heavy atom. The number of primary amides is 1. The molecule has 3 rings (SSSR count). The van der Waals surface area contributed by atoms with Crippen LogP contribution in [0.4, 0.5) is 5.69 Å². The molecule has 2 unspecified atom stereocenters. The predicted octanol–water partition coefficient (Wildman–Crippen LogP) is 4.91. The van der Waals surface area contributed by atoms with Crippen molar-refractivity contribution >= 4 is 17.4 Å². The van der Waals surface area contributed by atoms with E-state index in [4.69, 9.17) is 5.73 Å². The smallest absolute Gasteiger partial charge is 0.219 e. The van der Waals surface area contributed by atoms with Gasteiger partial charge in [0, 0.05) is 36.4 Å². The van der Waals surface area contributed by atoms with E-state index in [9.17, 15) is 9.59 Å². The maximum Gasteiger partial charge on any atom is 0.219 e. The Morgan fingerprint density at radius 1 is 0.939 bits per heavy atom. The summed E-state index contributed by atoms with van der Waals surface area (Å²) in [5, 5.41) is 0. The quantitative estimate of drug-likeness (QED) is 0.524. The van der Waals surface area contributed by atoms with Crippen molar-refractivity contribution in [2.75, 3.05) is 18.0 Å². The molecule has 1 fully saturated rings. The molecule has 1 saturated heterocycles. The van der Waals surface area contributed by atoms with Crippen LogP contribution in [0.3, 0.4) is 0 Å². The summed E-state index contributed by atoms with van der Waals surface area (Å²) in [5.41, 5.74) is 6.96. The average molecular weight is 450 g/mol. The van der Waals surface area contributed by atoms with Gasteiger partial charge in [0.2, 0.25) is 5.91 Å². The number of nitrogens with two attached hydrogens (primary N) is 1. The summed E-state index contributed by atoms with van der Waals surface area (Å²) < 4.78 is 0. The van der Waals surface area contributed by atoms with Crippen LogP contribution in [0.1, 0.15) is 63.7 Å². The van der Waals surface area contributed by atoms with Crippen molar-refractivity contribution in [1.29, 1.82) is 0 Å². The van der Waals surface area contributed by atoms with Gasteiger partial charge in [-0.3, -0.25) is 14.5 Å². The summed E-state index contributed by atoms with van der Waals surface area (Å²) in [6, 6.07) is 20.2. The monoisotopic (exact) mass is 449 g/mol. The molecule has 2 atom stereocenters. The standard InChI is InChI=1S/C28H39N3O2/c1-21(2)30(22(3)4)20-25(27(33)23-13-7-5-8-14-23)28(19-26(29)32)17-11-12-18-31(28)24-15-9-6-10-16-24/h5-10,13-16,21-22,25H,11-12,17-20H2,1-4H3,(H2,29,32). The van der Waals surface area contributed by atoms with Crippen molar-refractivity contribution in [2.24, 2.45) is 11.7 Å². The maximum absolute atomic E-state index is 14.2. The number of carbonyl (C=O) groups excluding carboxylic acids is 2. The fraction of sp³-hybridized carbons (Fsp3) is 0.500. The first-order valence-electron chi connectivity index (χ1n) is 12.2. The van der Waals surface area contributed by atoms with Gasteiger partial charge in [-0.05, 0) is 59.1 Å². The second-order valence-electron chi connectivity index (χ2n) is 9.86. The van der Waals surface area contributed by atoms with Gasteiger partial charge in [-0.2, -0.15) is 0 Å². The van der Waals surface area contributed by atoms with Crippen LogP contribution in [-0.4, -0.2) is 47.3 Å². The van der Waals surface area contributed by atoms with Crippen molar-refractivity contribution in [3.63, 3.8) is 0 Å². The molecule has 1 aliphatic heterocycles. The maximum atomic E-state index is 14.2. The molecule has 0 saturated carbocycles. The number of carbonyl (C=O) groups is 2. The third-order valence-corrected chi connectivity index (χ3v) is 7.07. The van der Waals surface area contributed by atoms with Crippen LogP contribution in [0.25, 0.3) is 0 Å². The average Bonchev–Trinajstić information content (AvgIpc) is 2.79. The summed E-state index contributed by atoms with van der Waals surface area (Å²) in [5.74, 6) is -0.659. The van der Waals surface area contributed by atoms with E-state index in [1.807, 2.05) is 48.5 Å². The highest BCUT2D eigenvalue weighted by atomic mass is 16.1. The third-order valence-electron chi connectivity index (χ3n) is 7.07. The molecule has 1 heterocycles. The number of amides is 1. The van der Waals surface area contributed by atoms with E-state index in [2.05, 4.69) is 49.6 Å². The number of anilines is 1. The zero-order valence-corrected chi connectivity index (χ0v) is 20.5. The van der Waals surface area contributed by atoms with Gasteiger partial charge in [0.25, 0.3) is 0 Å². The number of hydrogen-bond acceptors (Lipinski definition) is 4.